The van der Waals surface area contributed by atoms with E-state index < -0.39 is 0 Å². The molecule has 90 valence electrons. The monoisotopic (exact) mass is 287 g/mol. The van der Waals surface area contributed by atoms with E-state index in [2.05, 4.69) is 20.8 Å². The van der Waals surface area contributed by atoms with Gasteiger partial charge in [-0.25, -0.2) is 0 Å². The number of likely N-dealkylation sites (N-methyl/N-ethyl adjacent to an activating group) is 1. The van der Waals surface area contributed by atoms with Crippen LogP contribution in [0, 0.1) is 0 Å². The van der Waals surface area contributed by atoms with Crippen molar-refractivity contribution < 1.29 is 9.84 Å². The van der Waals surface area contributed by atoms with Gasteiger partial charge in [-0.3, -0.25) is 4.90 Å². The van der Waals surface area contributed by atoms with Crippen molar-refractivity contribution >= 4 is 15.9 Å². The molecule has 0 aromatic heterocycles. The Balaban J connectivity index is 2.48. The molecule has 0 aliphatic carbocycles. The van der Waals surface area contributed by atoms with Gasteiger partial charge in [-0.15, -0.1) is 0 Å². The van der Waals surface area contributed by atoms with Crippen LogP contribution in [-0.2, 0) is 11.3 Å². The lowest BCUT2D eigenvalue weighted by molar-refractivity contribution is 0.120. The zero-order valence-corrected chi connectivity index (χ0v) is 11.3. The second kappa shape index (κ2) is 6.89. The van der Waals surface area contributed by atoms with Crippen molar-refractivity contribution in [3.8, 4) is 5.75 Å². The van der Waals surface area contributed by atoms with E-state index in [9.17, 15) is 5.11 Å². The summed E-state index contributed by atoms with van der Waals surface area (Å²) in [6.07, 6.45) is 0. The van der Waals surface area contributed by atoms with Crippen LogP contribution in [0.1, 0.15) is 12.5 Å². The van der Waals surface area contributed by atoms with E-state index >= 15 is 0 Å². The van der Waals surface area contributed by atoms with Crippen molar-refractivity contribution in [2.45, 2.75) is 13.5 Å². The highest BCUT2D eigenvalue weighted by Gasteiger charge is 2.05. The molecule has 0 bridgehead atoms. The van der Waals surface area contributed by atoms with Gasteiger partial charge in [-0.1, -0.05) is 15.9 Å². The summed E-state index contributed by atoms with van der Waals surface area (Å²) in [6, 6.07) is 5.32. The molecule has 1 rings (SSSR count). The fourth-order valence-corrected chi connectivity index (χ4v) is 1.79. The molecule has 1 aromatic rings. The van der Waals surface area contributed by atoms with Crippen molar-refractivity contribution in [1.29, 1.82) is 0 Å². The highest BCUT2D eigenvalue weighted by molar-refractivity contribution is 9.10. The SMILES string of the molecule is CCOCCN(C)Cc1cc(O)ccc1Br. The molecule has 0 spiro atoms. The molecule has 1 N–H and O–H groups in total. The first-order valence-electron chi connectivity index (χ1n) is 5.37. The average molecular weight is 288 g/mol. The second-order valence-electron chi connectivity index (χ2n) is 3.71. The van der Waals surface area contributed by atoms with Crippen molar-refractivity contribution in [1.82, 2.24) is 4.90 Å². The Morgan fingerprint density at radius 3 is 2.88 bits per heavy atom. The topological polar surface area (TPSA) is 32.7 Å². The van der Waals surface area contributed by atoms with Crippen molar-refractivity contribution in [2.75, 3.05) is 26.8 Å². The first-order valence-corrected chi connectivity index (χ1v) is 6.16. The van der Waals surface area contributed by atoms with E-state index in [-0.39, 0.29) is 0 Å². The molecule has 0 unspecified atom stereocenters. The fourth-order valence-electron chi connectivity index (χ4n) is 1.42. The normalized spacial score (nSPS) is 11.0. The number of hydrogen-bond donors (Lipinski definition) is 1. The van der Waals surface area contributed by atoms with Gasteiger partial charge >= 0.3 is 0 Å². The van der Waals surface area contributed by atoms with Gasteiger partial charge in [0.2, 0.25) is 0 Å². The maximum absolute atomic E-state index is 9.40. The van der Waals surface area contributed by atoms with E-state index in [4.69, 9.17) is 4.74 Å². The van der Waals surface area contributed by atoms with E-state index in [1.165, 1.54) is 0 Å². The maximum Gasteiger partial charge on any atom is 0.115 e. The molecular weight excluding hydrogens is 270 g/mol. The van der Waals surface area contributed by atoms with Gasteiger partial charge in [0.15, 0.2) is 0 Å². The average Bonchev–Trinajstić information content (AvgIpc) is 2.24. The summed E-state index contributed by atoms with van der Waals surface area (Å²) in [6.45, 7) is 5.16. The molecule has 4 heteroatoms. The molecule has 0 amide bonds. The number of phenols is 1. The minimum absolute atomic E-state index is 0.302. The molecule has 0 radical (unpaired) electrons. The number of ether oxygens (including phenoxy) is 1. The van der Waals surface area contributed by atoms with Crippen LogP contribution in [0.3, 0.4) is 0 Å². The molecule has 0 fully saturated rings. The van der Waals surface area contributed by atoms with Crippen LogP contribution in [0.15, 0.2) is 22.7 Å². The smallest absolute Gasteiger partial charge is 0.115 e. The number of rotatable bonds is 6. The zero-order valence-electron chi connectivity index (χ0n) is 9.74. The number of hydrogen-bond acceptors (Lipinski definition) is 3. The van der Waals surface area contributed by atoms with Crippen LogP contribution in [0.4, 0.5) is 0 Å². The van der Waals surface area contributed by atoms with Crippen LogP contribution in [0.2, 0.25) is 0 Å². The molecule has 0 heterocycles. The quantitative estimate of drug-likeness (QED) is 0.817. The van der Waals surface area contributed by atoms with Gasteiger partial charge in [-0.2, -0.15) is 0 Å². The number of aromatic hydroxyl groups is 1. The van der Waals surface area contributed by atoms with Crippen molar-refractivity contribution in [3.05, 3.63) is 28.2 Å². The summed E-state index contributed by atoms with van der Waals surface area (Å²) in [5, 5.41) is 9.40. The van der Waals surface area contributed by atoms with E-state index in [1.807, 2.05) is 20.0 Å². The van der Waals surface area contributed by atoms with Crippen LogP contribution in [0.5, 0.6) is 5.75 Å². The summed E-state index contributed by atoms with van der Waals surface area (Å²) >= 11 is 3.47. The highest BCUT2D eigenvalue weighted by Crippen LogP contribution is 2.22. The summed E-state index contributed by atoms with van der Waals surface area (Å²) in [5.41, 5.74) is 1.08. The van der Waals surface area contributed by atoms with Crippen LogP contribution >= 0.6 is 15.9 Å². The standard InChI is InChI=1S/C12H18BrNO2/c1-3-16-7-6-14(2)9-10-8-11(15)4-5-12(10)13/h4-5,8,15H,3,6-7,9H2,1-2H3. The van der Waals surface area contributed by atoms with Crippen LogP contribution in [-0.4, -0.2) is 36.8 Å². The van der Waals surface area contributed by atoms with Crippen LogP contribution < -0.4 is 0 Å². The molecule has 16 heavy (non-hydrogen) atoms. The molecule has 1 aromatic carbocycles. The van der Waals surface area contributed by atoms with E-state index in [1.54, 1.807) is 12.1 Å². The lowest BCUT2D eigenvalue weighted by atomic mass is 10.2. The molecular formula is C12H18BrNO2. The Kier molecular flexibility index (Phi) is 5.80. The van der Waals surface area contributed by atoms with Crippen molar-refractivity contribution in [2.24, 2.45) is 0 Å². The Morgan fingerprint density at radius 2 is 2.19 bits per heavy atom. The van der Waals surface area contributed by atoms with Gasteiger partial charge in [0.25, 0.3) is 0 Å². The van der Waals surface area contributed by atoms with Gasteiger partial charge in [0.1, 0.15) is 5.75 Å². The summed E-state index contributed by atoms with van der Waals surface area (Å²) in [5.74, 6) is 0.302. The van der Waals surface area contributed by atoms with E-state index in [0.29, 0.717) is 5.75 Å². The zero-order chi connectivity index (χ0) is 12.0. The third kappa shape index (κ3) is 4.51. The first-order chi connectivity index (χ1) is 7.63. The largest absolute Gasteiger partial charge is 0.508 e. The number of nitrogens with zero attached hydrogens (tertiary/aromatic N) is 1. The van der Waals surface area contributed by atoms with Gasteiger partial charge in [0.05, 0.1) is 6.61 Å². The maximum atomic E-state index is 9.40. The Bertz CT molecular complexity index is 331. The third-order valence-corrected chi connectivity index (χ3v) is 3.06. The Morgan fingerprint density at radius 1 is 1.44 bits per heavy atom. The number of phenolic OH excluding ortho intramolecular Hbond substituents is 1. The van der Waals surface area contributed by atoms with Crippen LogP contribution in [0.25, 0.3) is 0 Å². The fraction of sp³-hybridized carbons (Fsp3) is 0.500. The molecule has 0 aliphatic rings. The highest BCUT2D eigenvalue weighted by atomic mass is 79.9. The third-order valence-electron chi connectivity index (χ3n) is 2.29. The van der Waals surface area contributed by atoms with Gasteiger partial charge in [0, 0.05) is 24.2 Å². The predicted molar refractivity (Wildman–Crippen MR) is 68.6 cm³/mol. The van der Waals surface area contributed by atoms with Crippen molar-refractivity contribution in [3.63, 3.8) is 0 Å². The minimum atomic E-state index is 0.302. The summed E-state index contributed by atoms with van der Waals surface area (Å²) in [4.78, 5) is 2.16. The number of halogens is 1. The molecule has 0 atom stereocenters. The molecule has 3 nitrogen and oxygen atoms in total. The minimum Gasteiger partial charge on any atom is -0.508 e. The second-order valence-corrected chi connectivity index (χ2v) is 4.56. The van der Waals surface area contributed by atoms with Gasteiger partial charge < -0.3 is 9.84 Å². The number of benzene rings is 1. The summed E-state index contributed by atoms with van der Waals surface area (Å²) < 4.78 is 6.31. The molecule has 0 saturated carbocycles. The predicted octanol–water partition coefficient (Wildman–Crippen LogP) is 2.62. The van der Waals surface area contributed by atoms with Gasteiger partial charge in [-0.05, 0) is 37.7 Å². The lowest BCUT2D eigenvalue weighted by Gasteiger charge is -2.17. The Hall–Kier alpha value is -0.580. The molecule has 0 aliphatic heterocycles. The Labute approximate surface area is 105 Å². The van der Waals surface area contributed by atoms with E-state index in [0.717, 1.165) is 36.3 Å². The summed E-state index contributed by atoms with van der Waals surface area (Å²) in [7, 11) is 2.04. The lowest BCUT2D eigenvalue weighted by Crippen LogP contribution is -2.22. The first kappa shape index (κ1) is 13.5. The molecule has 0 saturated heterocycles.